The van der Waals surface area contributed by atoms with E-state index in [0.29, 0.717) is 18.4 Å². The monoisotopic (exact) mass is 347 g/mol. The number of H-pyrrole nitrogens is 1. The molecule has 6 rings (SSSR count). The van der Waals surface area contributed by atoms with E-state index in [2.05, 4.69) is 22.1 Å². The summed E-state index contributed by atoms with van der Waals surface area (Å²) in [6, 6.07) is 4.10. The maximum atomic E-state index is 5.83. The van der Waals surface area contributed by atoms with Gasteiger partial charge in [0.2, 0.25) is 5.89 Å². The van der Waals surface area contributed by atoms with Crippen LogP contribution in [0.4, 0.5) is 0 Å². The number of oxazole rings is 1. The Morgan fingerprint density at radius 1 is 1.33 bits per heavy atom. The minimum absolute atomic E-state index is 0. The lowest BCUT2D eigenvalue weighted by Gasteiger charge is -2.44. The molecule has 24 heavy (non-hydrogen) atoms. The molecule has 3 fully saturated rings. The van der Waals surface area contributed by atoms with E-state index in [1.807, 2.05) is 6.07 Å². The Hall–Kier alpha value is -1.56. The molecule has 5 heterocycles. The number of rotatable bonds is 3. The molecule has 0 spiro atoms. The first kappa shape index (κ1) is 15.9. The average molecular weight is 348 g/mol. The van der Waals surface area contributed by atoms with Gasteiger partial charge in [0.15, 0.2) is 5.58 Å². The smallest absolute Gasteiger partial charge is 0.221 e. The molecule has 0 aliphatic carbocycles. The van der Waals surface area contributed by atoms with E-state index in [1.54, 1.807) is 7.11 Å². The Balaban J connectivity index is 0.00000146. The molecule has 128 valence electrons. The van der Waals surface area contributed by atoms with Crippen LogP contribution in [0.5, 0.6) is 0 Å². The van der Waals surface area contributed by atoms with Crippen molar-refractivity contribution in [1.29, 1.82) is 0 Å². The van der Waals surface area contributed by atoms with E-state index in [1.165, 1.54) is 43.4 Å². The summed E-state index contributed by atoms with van der Waals surface area (Å²) in [5.41, 5.74) is 4.40. The third-order valence-electron chi connectivity index (χ3n) is 5.60. The highest BCUT2D eigenvalue weighted by Gasteiger charge is 2.36. The zero-order valence-electron chi connectivity index (χ0n) is 13.7. The van der Waals surface area contributed by atoms with Gasteiger partial charge in [-0.15, -0.1) is 12.4 Å². The number of aromatic nitrogens is 2. The summed E-state index contributed by atoms with van der Waals surface area (Å²) in [6.45, 7) is 4.12. The van der Waals surface area contributed by atoms with Gasteiger partial charge in [-0.05, 0) is 49.5 Å². The summed E-state index contributed by atoms with van der Waals surface area (Å²) in [7, 11) is 1.67. The van der Waals surface area contributed by atoms with Gasteiger partial charge in [-0.1, -0.05) is 0 Å². The van der Waals surface area contributed by atoms with Gasteiger partial charge in [-0.3, -0.25) is 0 Å². The van der Waals surface area contributed by atoms with Gasteiger partial charge in [0.25, 0.3) is 0 Å². The highest BCUT2D eigenvalue weighted by Crippen LogP contribution is 2.42. The molecule has 2 aromatic heterocycles. The fourth-order valence-electron chi connectivity index (χ4n) is 4.48. The number of piperidine rings is 3. The molecule has 6 heteroatoms. The van der Waals surface area contributed by atoms with Gasteiger partial charge in [0.1, 0.15) is 12.1 Å². The number of aromatic amines is 1. The van der Waals surface area contributed by atoms with Crippen molar-refractivity contribution in [1.82, 2.24) is 14.9 Å². The molecule has 1 unspecified atom stereocenters. The number of nitrogens with zero attached hydrogens (tertiary/aromatic N) is 2. The average Bonchev–Trinajstić information content (AvgIpc) is 3.19. The van der Waals surface area contributed by atoms with Crippen LogP contribution >= 0.6 is 12.4 Å². The van der Waals surface area contributed by atoms with Crippen LogP contribution in [0.3, 0.4) is 0 Å². The van der Waals surface area contributed by atoms with Crippen molar-refractivity contribution in [2.24, 2.45) is 5.92 Å². The molecule has 0 saturated carbocycles. The Morgan fingerprint density at radius 2 is 2.17 bits per heavy atom. The highest BCUT2D eigenvalue weighted by atomic mass is 35.5. The molecule has 0 amide bonds. The van der Waals surface area contributed by atoms with Gasteiger partial charge in [-0.2, -0.15) is 0 Å². The van der Waals surface area contributed by atoms with Gasteiger partial charge >= 0.3 is 0 Å². The van der Waals surface area contributed by atoms with E-state index in [-0.39, 0.29) is 12.4 Å². The number of methoxy groups -OCH3 is 1. The molecule has 1 aromatic carbocycles. The first-order valence-electron chi connectivity index (χ1n) is 8.44. The molecule has 0 radical (unpaired) electrons. The van der Waals surface area contributed by atoms with Crippen LogP contribution in [0.1, 0.15) is 30.2 Å². The van der Waals surface area contributed by atoms with Crippen LogP contribution in [0.15, 0.2) is 22.7 Å². The van der Waals surface area contributed by atoms with Crippen LogP contribution in [0.25, 0.3) is 22.0 Å². The number of halogens is 1. The topological polar surface area (TPSA) is 54.3 Å². The number of benzene rings is 1. The summed E-state index contributed by atoms with van der Waals surface area (Å²) >= 11 is 0. The normalized spacial score (nSPS) is 26.1. The van der Waals surface area contributed by atoms with Crippen molar-refractivity contribution in [2.75, 3.05) is 26.7 Å². The lowest BCUT2D eigenvalue weighted by atomic mass is 9.75. The van der Waals surface area contributed by atoms with Crippen LogP contribution in [-0.4, -0.2) is 41.6 Å². The lowest BCUT2D eigenvalue weighted by molar-refractivity contribution is 0.0877. The lowest BCUT2D eigenvalue weighted by Crippen LogP contribution is -2.46. The van der Waals surface area contributed by atoms with E-state index in [9.17, 15) is 0 Å². The number of hydrogen-bond acceptors (Lipinski definition) is 4. The summed E-state index contributed by atoms with van der Waals surface area (Å²) in [5.74, 6) is 2.06. The Labute approximate surface area is 146 Å². The molecule has 1 N–H and O–H groups in total. The second-order valence-corrected chi connectivity index (χ2v) is 6.86. The molecule has 1 atom stereocenters. The van der Waals surface area contributed by atoms with Gasteiger partial charge in [0, 0.05) is 36.7 Å². The van der Waals surface area contributed by atoms with Crippen molar-refractivity contribution in [2.45, 2.75) is 25.4 Å². The summed E-state index contributed by atoms with van der Waals surface area (Å²) in [5, 5.41) is 1.24. The molecule has 3 aliphatic heterocycles. The minimum Gasteiger partial charge on any atom is -0.438 e. The van der Waals surface area contributed by atoms with Gasteiger partial charge in [-0.25, -0.2) is 4.98 Å². The van der Waals surface area contributed by atoms with E-state index >= 15 is 0 Å². The largest absolute Gasteiger partial charge is 0.438 e. The number of nitrogens with one attached hydrogen (secondary N) is 1. The van der Waals surface area contributed by atoms with Crippen LogP contribution in [-0.2, 0) is 11.3 Å². The SMILES string of the molecule is COCc1nc2c(ccc3[nH]cc(C4CN5CCC4CC5)c32)o1.Cl. The standard InChI is InChI=1S/C18H21N3O2.ClH/c1-22-10-16-20-18-15(23-16)3-2-14-17(18)12(8-19-14)13-9-21-6-4-11(13)5-7-21;/h2-3,8,11,13,19H,4-7,9-10H2,1H3;1H. The minimum atomic E-state index is 0. The molecule has 3 aliphatic rings. The molecular weight excluding hydrogens is 326 g/mol. The zero-order chi connectivity index (χ0) is 15.4. The number of hydrogen-bond donors (Lipinski definition) is 1. The molecule has 2 bridgehead atoms. The quantitative estimate of drug-likeness (QED) is 0.785. The zero-order valence-corrected chi connectivity index (χ0v) is 14.6. The number of ether oxygens (including phenoxy) is 1. The van der Waals surface area contributed by atoms with Crippen molar-refractivity contribution < 1.29 is 9.15 Å². The Bertz CT molecular complexity index is 864. The summed E-state index contributed by atoms with van der Waals surface area (Å²) in [6.07, 6.45) is 4.84. The van der Waals surface area contributed by atoms with Crippen LogP contribution < -0.4 is 0 Å². The third-order valence-corrected chi connectivity index (χ3v) is 5.60. The molecule has 3 saturated heterocycles. The third kappa shape index (κ3) is 2.34. The number of fused-ring (bicyclic) bond motifs is 6. The van der Waals surface area contributed by atoms with Crippen LogP contribution in [0.2, 0.25) is 0 Å². The van der Waals surface area contributed by atoms with E-state index < -0.39 is 0 Å². The predicted molar refractivity (Wildman–Crippen MR) is 95.7 cm³/mol. The highest BCUT2D eigenvalue weighted by molar-refractivity contribution is 6.04. The summed E-state index contributed by atoms with van der Waals surface area (Å²) in [4.78, 5) is 10.7. The maximum Gasteiger partial charge on any atom is 0.221 e. The van der Waals surface area contributed by atoms with Crippen molar-refractivity contribution >= 4 is 34.4 Å². The summed E-state index contributed by atoms with van der Waals surface area (Å²) < 4.78 is 11.0. The second kappa shape index (κ2) is 6.06. The van der Waals surface area contributed by atoms with Gasteiger partial charge < -0.3 is 19.0 Å². The van der Waals surface area contributed by atoms with E-state index in [4.69, 9.17) is 14.1 Å². The van der Waals surface area contributed by atoms with Crippen molar-refractivity contribution in [3.63, 3.8) is 0 Å². The first-order valence-corrected chi connectivity index (χ1v) is 8.44. The van der Waals surface area contributed by atoms with Crippen molar-refractivity contribution in [3.8, 4) is 0 Å². The first-order chi connectivity index (χ1) is 11.3. The second-order valence-electron chi connectivity index (χ2n) is 6.86. The fraction of sp³-hybridized carbons (Fsp3) is 0.500. The maximum absolute atomic E-state index is 5.83. The Morgan fingerprint density at radius 3 is 2.88 bits per heavy atom. The molecule has 5 nitrogen and oxygen atoms in total. The van der Waals surface area contributed by atoms with Crippen molar-refractivity contribution in [3.05, 3.63) is 29.8 Å². The predicted octanol–water partition coefficient (Wildman–Crippen LogP) is 3.69. The molecule has 3 aromatic rings. The van der Waals surface area contributed by atoms with E-state index in [0.717, 1.165) is 22.5 Å². The van der Waals surface area contributed by atoms with Gasteiger partial charge in [0.05, 0.1) is 0 Å². The van der Waals surface area contributed by atoms with Crippen LogP contribution in [0, 0.1) is 5.92 Å². The molecular formula is C18H22ClN3O2. The Kier molecular flexibility index (Phi) is 4.03. The fourth-order valence-corrected chi connectivity index (χ4v) is 4.48.